The SMILES string of the molecule is Cc1csc(C(=O)N2CC(c3nc(-c4ccsc4)no3)C2)c1. The molecule has 1 aliphatic rings. The second-order valence-corrected chi connectivity index (χ2v) is 7.05. The van der Waals surface area contributed by atoms with Gasteiger partial charge in [0.25, 0.3) is 5.91 Å². The third-order valence-electron chi connectivity index (χ3n) is 3.68. The van der Waals surface area contributed by atoms with E-state index in [0.29, 0.717) is 24.8 Å². The summed E-state index contributed by atoms with van der Waals surface area (Å²) in [4.78, 5) is 19.3. The zero-order chi connectivity index (χ0) is 15.1. The van der Waals surface area contributed by atoms with Gasteiger partial charge in [0.2, 0.25) is 11.7 Å². The minimum absolute atomic E-state index is 0.0897. The van der Waals surface area contributed by atoms with Gasteiger partial charge >= 0.3 is 0 Å². The summed E-state index contributed by atoms with van der Waals surface area (Å²) < 4.78 is 5.34. The molecule has 7 heteroatoms. The van der Waals surface area contributed by atoms with Crippen molar-refractivity contribution in [1.29, 1.82) is 0 Å². The van der Waals surface area contributed by atoms with Gasteiger partial charge in [0.15, 0.2) is 0 Å². The van der Waals surface area contributed by atoms with Gasteiger partial charge in [-0.2, -0.15) is 16.3 Å². The molecule has 22 heavy (non-hydrogen) atoms. The Labute approximate surface area is 135 Å². The third-order valence-corrected chi connectivity index (χ3v) is 5.40. The Morgan fingerprint density at radius 2 is 2.27 bits per heavy atom. The Kier molecular flexibility index (Phi) is 3.31. The summed E-state index contributed by atoms with van der Waals surface area (Å²) >= 11 is 3.10. The lowest BCUT2D eigenvalue weighted by Gasteiger charge is -2.36. The van der Waals surface area contributed by atoms with Crippen molar-refractivity contribution < 1.29 is 9.32 Å². The van der Waals surface area contributed by atoms with Crippen molar-refractivity contribution in [3.63, 3.8) is 0 Å². The number of likely N-dealkylation sites (tertiary alicyclic amines) is 1. The van der Waals surface area contributed by atoms with Crippen molar-refractivity contribution in [1.82, 2.24) is 15.0 Å². The molecule has 1 aliphatic heterocycles. The van der Waals surface area contributed by atoms with Crippen molar-refractivity contribution in [3.05, 3.63) is 44.6 Å². The number of carbonyl (C=O) groups excluding carboxylic acids is 1. The first kappa shape index (κ1) is 13.7. The highest BCUT2D eigenvalue weighted by Crippen LogP contribution is 2.30. The molecule has 1 fully saturated rings. The minimum atomic E-state index is 0.0897. The lowest BCUT2D eigenvalue weighted by molar-refractivity contribution is 0.0574. The second-order valence-electron chi connectivity index (χ2n) is 5.36. The van der Waals surface area contributed by atoms with E-state index in [1.807, 2.05) is 40.1 Å². The van der Waals surface area contributed by atoms with E-state index < -0.39 is 0 Å². The summed E-state index contributed by atoms with van der Waals surface area (Å²) in [6, 6.07) is 3.90. The maximum atomic E-state index is 12.3. The van der Waals surface area contributed by atoms with Crippen molar-refractivity contribution in [2.75, 3.05) is 13.1 Å². The van der Waals surface area contributed by atoms with E-state index in [9.17, 15) is 4.79 Å². The summed E-state index contributed by atoms with van der Waals surface area (Å²) in [6.45, 7) is 3.28. The van der Waals surface area contributed by atoms with E-state index in [4.69, 9.17) is 4.52 Å². The highest BCUT2D eigenvalue weighted by Gasteiger charge is 2.36. The molecule has 0 N–H and O–H groups in total. The molecular weight excluding hydrogens is 318 g/mol. The Morgan fingerprint density at radius 1 is 1.41 bits per heavy atom. The van der Waals surface area contributed by atoms with Crippen molar-refractivity contribution >= 4 is 28.6 Å². The Balaban J connectivity index is 1.42. The molecule has 1 saturated heterocycles. The lowest BCUT2D eigenvalue weighted by Crippen LogP contribution is -2.48. The summed E-state index contributed by atoms with van der Waals surface area (Å²) in [7, 11) is 0. The van der Waals surface area contributed by atoms with E-state index in [-0.39, 0.29) is 11.8 Å². The van der Waals surface area contributed by atoms with Crippen LogP contribution in [0.1, 0.15) is 27.0 Å². The predicted octanol–water partition coefficient (Wildman–Crippen LogP) is 3.41. The number of rotatable bonds is 3. The first-order valence-electron chi connectivity index (χ1n) is 6.91. The van der Waals surface area contributed by atoms with Crippen LogP contribution >= 0.6 is 22.7 Å². The van der Waals surface area contributed by atoms with Crippen LogP contribution in [0.4, 0.5) is 0 Å². The van der Waals surface area contributed by atoms with Gasteiger partial charge in [-0.15, -0.1) is 11.3 Å². The van der Waals surface area contributed by atoms with Crippen LogP contribution in [-0.4, -0.2) is 34.0 Å². The standard InChI is InChI=1S/C15H13N3O2S2/c1-9-4-12(22-7-9)15(19)18-5-11(6-18)14-16-13(17-20-14)10-2-3-21-8-10/h2-4,7-8,11H,5-6H2,1H3. The number of nitrogens with zero attached hydrogens (tertiary/aromatic N) is 3. The van der Waals surface area contributed by atoms with Crippen LogP contribution in [0.2, 0.25) is 0 Å². The fraction of sp³-hybridized carbons (Fsp3) is 0.267. The molecule has 4 heterocycles. The molecule has 112 valence electrons. The average Bonchev–Trinajstić information content (AvgIpc) is 3.17. The van der Waals surface area contributed by atoms with Crippen LogP contribution in [-0.2, 0) is 0 Å². The molecule has 4 rings (SSSR count). The number of aryl methyl sites for hydroxylation is 1. The molecule has 0 aromatic carbocycles. The van der Waals surface area contributed by atoms with Crippen LogP contribution in [0.15, 0.2) is 32.8 Å². The van der Waals surface area contributed by atoms with Crippen LogP contribution < -0.4 is 0 Å². The first-order valence-corrected chi connectivity index (χ1v) is 8.73. The molecule has 0 radical (unpaired) electrons. The Bertz CT molecular complexity index is 800. The maximum absolute atomic E-state index is 12.3. The molecule has 0 bridgehead atoms. The molecule has 3 aromatic heterocycles. The number of amides is 1. The van der Waals surface area contributed by atoms with Crippen molar-refractivity contribution in [2.24, 2.45) is 0 Å². The topological polar surface area (TPSA) is 59.2 Å². The zero-order valence-corrected chi connectivity index (χ0v) is 13.5. The molecule has 0 atom stereocenters. The molecular formula is C15H13N3O2S2. The van der Waals surface area contributed by atoms with E-state index in [1.165, 1.54) is 11.3 Å². The lowest BCUT2D eigenvalue weighted by atomic mass is 10.00. The van der Waals surface area contributed by atoms with Crippen LogP contribution in [0.25, 0.3) is 11.4 Å². The van der Waals surface area contributed by atoms with Gasteiger partial charge in [-0.05, 0) is 35.4 Å². The smallest absolute Gasteiger partial charge is 0.263 e. The maximum Gasteiger partial charge on any atom is 0.263 e. The van der Waals surface area contributed by atoms with Crippen LogP contribution in [0.3, 0.4) is 0 Å². The normalized spacial score (nSPS) is 15.0. The summed E-state index contributed by atoms with van der Waals surface area (Å²) in [5.74, 6) is 1.47. The summed E-state index contributed by atoms with van der Waals surface area (Å²) in [6.07, 6.45) is 0. The minimum Gasteiger partial charge on any atom is -0.339 e. The van der Waals surface area contributed by atoms with E-state index in [1.54, 1.807) is 11.3 Å². The van der Waals surface area contributed by atoms with Crippen LogP contribution in [0, 0.1) is 6.92 Å². The van der Waals surface area contributed by atoms with Gasteiger partial charge in [-0.3, -0.25) is 4.79 Å². The molecule has 5 nitrogen and oxygen atoms in total. The number of thiophene rings is 2. The molecule has 0 saturated carbocycles. The van der Waals surface area contributed by atoms with Gasteiger partial charge in [0, 0.05) is 24.0 Å². The number of aromatic nitrogens is 2. The van der Waals surface area contributed by atoms with E-state index in [0.717, 1.165) is 16.0 Å². The first-order chi connectivity index (χ1) is 10.7. The Hall–Kier alpha value is -1.99. The summed E-state index contributed by atoms with van der Waals surface area (Å²) in [5.41, 5.74) is 2.10. The van der Waals surface area contributed by atoms with Crippen LogP contribution in [0.5, 0.6) is 0 Å². The molecule has 0 spiro atoms. The largest absolute Gasteiger partial charge is 0.339 e. The predicted molar refractivity (Wildman–Crippen MR) is 85.3 cm³/mol. The second kappa shape index (κ2) is 5.33. The number of hydrogen-bond acceptors (Lipinski definition) is 6. The monoisotopic (exact) mass is 331 g/mol. The average molecular weight is 331 g/mol. The fourth-order valence-electron chi connectivity index (χ4n) is 2.41. The molecule has 0 aliphatic carbocycles. The highest BCUT2D eigenvalue weighted by atomic mass is 32.1. The third kappa shape index (κ3) is 2.36. The van der Waals surface area contributed by atoms with Gasteiger partial charge in [0.1, 0.15) is 0 Å². The zero-order valence-electron chi connectivity index (χ0n) is 11.9. The fourth-order valence-corrected chi connectivity index (χ4v) is 3.91. The highest BCUT2D eigenvalue weighted by molar-refractivity contribution is 7.12. The van der Waals surface area contributed by atoms with Gasteiger partial charge in [-0.1, -0.05) is 5.16 Å². The number of hydrogen-bond donors (Lipinski definition) is 0. The molecule has 1 amide bonds. The van der Waals surface area contributed by atoms with E-state index >= 15 is 0 Å². The Morgan fingerprint density at radius 3 is 2.95 bits per heavy atom. The van der Waals surface area contributed by atoms with Gasteiger partial charge < -0.3 is 9.42 Å². The molecule has 3 aromatic rings. The number of carbonyl (C=O) groups is 1. The van der Waals surface area contributed by atoms with E-state index in [2.05, 4.69) is 10.1 Å². The molecule has 0 unspecified atom stereocenters. The summed E-state index contributed by atoms with van der Waals surface area (Å²) in [5, 5.41) is 9.98. The van der Waals surface area contributed by atoms with Crippen molar-refractivity contribution in [3.8, 4) is 11.4 Å². The van der Waals surface area contributed by atoms with Crippen molar-refractivity contribution in [2.45, 2.75) is 12.8 Å². The quantitative estimate of drug-likeness (QED) is 0.738. The van der Waals surface area contributed by atoms with Gasteiger partial charge in [-0.25, -0.2) is 0 Å². The van der Waals surface area contributed by atoms with Gasteiger partial charge in [0.05, 0.1) is 10.8 Å².